The fraction of sp³-hybridized carbons (Fsp3) is 0.538. The van der Waals surface area contributed by atoms with Crippen LogP contribution in [0.15, 0.2) is 60.7 Å². The molecule has 2 atom stereocenters. The lowest BCUT2D eigenvalue weighted by atomic mass is 9.39. The van der Waals surface area contributed by atoms with E-state index in [1.807, 2.05) is 0 Å². The minimum absolute atomic E-state index is 0.542. The van der Waals surface area contributed by atoms with Crippen LogP contribution < -0.4 is 0 Å². The molecule has 2 aromatic rings. The van der Waals surface area contributed by atoms with Crippen LogP contribution in [-0.4, -0.2) is 0 Å². The summed E-state index contributed by atoms with van der Waals surface area (Å²) in [6, 6.07) is 22.6. The van der Waals surface area contributed by atoms with Gasteiger partial charge in [-0.15, -0.1) is 0 Å². The van der Waals surface area contributed by atoms with E-state index in [1.165, 1.54) is 56.1 Å². The van der Waals surface area contributed by atoms with Crippen molar-refractivity contribution in [3.05, 3.63) is 71.8 Å². The van der Waals surface area contributed by atoms with Crippen LogP contribution >= 0.6 is 0 Å². The molecule has 4 aliphatic rings. The monoisotopic (exact) mass is 344 g/mol. The first-order chi connectivity index (χ1) is 12.5. The molecule has 0 saturated heterocycles. The first-order valence-corrected chi connectivity index (χ1v) is 10.6. The van der Waals surface area contributed by atoms with Gasteiger partial charge in [-0.25, -0.2) is 0 Å². The average Bonchev–Trinajstić information content (AvgIpc) is 2.58. The lowest BCUT2D eigenvalue weighted by Crippen LogP contribution is -2.55. The SMILES string of the molecule is CC12CC3CC(C)(C1)CC(CC(c1ccccc1)c1ccccc1)(C3)C2. The molecule has 0 heterocycles. The van der Waals surface area contributed by atoms with Crippen molar-refractivity contribution in [2.45, 2.75) is 64.7 Å². The van der Waals surface area contributed by atoms with Gasteiger partial charge in [0.05, 0.1) is 0 Å². The highest BCUT2D eigenvalue weighted by molar-refractivity contribution is 5.33. The maximum Gasteiger partial charge on any atom is 0.00946 e. The van der Waals surface area contributed by atoms with Gasteiger partial charge in [-0.3, -0.25) is 0 Å². The minimum atomic E-state index is 0.542. The van der Waals surface area contributed by atoms with Gasteiger partial charge in [-0.1, -0.05) is 74.5 Å². The third-order valence-corrected chi connectivity index (χ3v) is 7.78. The molecule has 0 spiro atoms. The van der Waals surface area contributed by atoms with E-state index in [1.54, 1.807) is 0 Å². The molecule has 0 nitrogen and oxygen atoms in total. The quantitative estimate of drug-likeness (QED) is 0.550. The van der Waals surface area contributed by atoms with Gasteiger partial charge >= 0.3 is 0 Å². The Morgan fingerprint density at radius 2 is 1.23 bits per heavy atom. The highest BCUT2D eigenvalue weighted by Gasteiger charge is 2.60. The number of hydrogen-bond acceptors (Lipinski definition) is 0. The summed E-state index contributed by atoms with van der Waals surface area (Å²) in [5, 5.41) is 0. The second-order valence-electron chi connectivity index (χ2n) is 10.7. The standard InChI is InChI=1S/C26H32/c1-24-13-20-14-25(2,17-24)19-26(15-20,18-24)16-23(21-9-5-3-6-10-21)22-11-7-4-8-12-22/h3-12,20,23H,13-19H2,1-2H3. The predicted molar refractivity (Wildman–Crippen MR) is 109 cm³/mol. The van der Waals surface area contributed by atoms with Gasteiger partial charge in [0.15, 0.2) is 0 Å². The molecule has 0 radical (unpaired) electrons. The summed E-state index contributed by atoms with van der Waals surface area (Å²) in [4.78, 5) is 0. The normalized spacial score (nSPS) is 38.0. The zero-order chi connectivity index (χ0) is 17.8. The van der Waals surface area contributed by atoms with E-state index in [-0.39, 0.29) is 0 Å². The molecule has 0 heteroatoms. The zero-order valence-corrected chi connectivity index (χ0v) is 16.4. The van der Waals surface area contributed by atoms with Crippen molar-refractivity contribution in [3.63, 3.8) is 0 Å². The van der Waals surface area contributed by atoms with Crippen LogP contribution in [0.25, 0.3) is 0 Å². The van der Waals surface area contributed by atoms with E-state index in [2.05, 4.69) is 74.5 Å². The minimum Gasteiger partial charge on any atom is -0.0622 e. The van der Waals surface area contributed by atoms with Gasteiger partial charge in [0.25, 0.3) is 0 Å². The van der Waals surface area contributed by atoms with Crippen LogP contribution in [0.3, 0.4) is 0 Å². The van der Waals surface area contributed by atoms with E-state index < -0.39 is 0 Å². The Kier molecular flexibility index (Phi) is 3.65. The third kappa shape index (κ3) is 2.82. The predicted octanol–water partition coefficient (Wildman–Crippen LogP) is 7.21. The van der Waals surface area contributed by atoms with Crippen LogP contribution in [0.4, 0.5) is 0 Å². The van der Waals surface area contributed by atoms with Gasteiger partial charge in [0.2, 0.25) is 0 Å². The summed E-state index contributed by atoms with van der Waals surface area (Å²) in [5.74, 6) is 1.52. The van der Waals surface area contributed by atoms with Gasteiger partial charge in [0, 0.05) is 5.92 Å². The summed E-state index contributed by atoms with van der Waals surface area (Å²) in [7, 11) is 0. The Morgan fingerprint density at radius 3 is 1.69 bits per heavy atom. The molecule has 4 fully saturated rings. The first kappa shape index (κ1) is 16.6. The first-order valence-electron chi connectivity index (χ1n) is 10.6. The molecular formula is C26H32. The van der Waals surface area contributed by atoms with E-state index in [0.29, 0.717) is 22.2 Å². The van der Waals surface area contributed by atoms with Crippen LogP contribution in [0, 0.1) is 22.2 Å². The molecule has 0 N–H and O–H groups in total. The molecule has 136 valence electrons. The fourth-order valence-electron chi connectivity index (χ4n) is 8.14. The molecule has 4 aliphatic carbocycles. The fourth-order valence-corrected chi connectivity index (χ4v) is 8.14. The van der Waals surface area contributed by atoms with E-state index in [0.717, 1.165) is 5.92 Å². The number of hydrogen-bond donors (Lipinski definition) is 0. The van der Waals surface area contributed by atoms with E-state index >= 15 is 0 Å². The molecular weight excluding hydrogens is 312 g/mol. The van der Waals surface area contributed by atoms with Gasteiger partial charge in [0.1, 0.15) is 0 Å². The van der Waals surface area contributed by atoms with Crippen molar-refractivity contribution < 1.29 is 0 Å². The van der Waals surface area contributed by atoms with E-state index in [9.17, 15) is 0 Å². The molecule has 0 amide bonds. The molecule has 4 saturated carbocycles. The van der Waals surface area contributed by atoms with Crippen LogP contribution in [0.5, 0.6) is 0 Å². The van der Waals surface area contributed by atoms with Crippen molar-refractivity contribution in [2.24, 2.45) is 22.2 Å². The summed E-state index contributed by atoms with van der Waals surface area (Å²) in [6.07, 6.45) is 10.2. The summed E-state index contributed by atoms with van der Waals surface area (Å²) < 4.78 is 0. The highest BCUT2D eigenvalue weighted by Crippen LogP contribution is 2.71. The van der Waals surface area contributed by atoms with Crippen LogP contribution in [0.2, 0.25) is 0 Å². The van der Waals surface area contributed by atoms with E-state index in [4.69, 9.17) is 0 Å². The largest absolute Gasteiger partial charge is 0.0622 e. The maximum atomic E-state index is 2.60. The lowest BCUT2D eigenvalue weighted by molar-refractivity contribution is -0.148. The van der Waals surface area contributed by atoms with Crippen LogP contribution in [0.1, 0.15) is 75.8 Å². The summed E-state index contributed by atoms with van der Waals surface area (Å²) in [5.41, 5.74) is 4.77. The average molecular weight is 345 g/mol. The highest BCUT2D eigenvalue weighted by atomic mass is 14.6. The van der Waals surface area contributed by atoms with Crippen molar-refractivity contribution >= 4 is 0 Å². The number of rotatable bonds is 4. The Balaban J connectivity index is 1.53. The van der Waals surface area contributed by atoms with Gasteiger partial charge in [-0.05, 0) is 78.2 Å². The number of benzene rings is 2. The van der Waals surface area contributed by atoms with Crippen molar-refractivity contribution in [1.29, 1.82) is 0 Å². The van der Waals surface area contributed by atoms with Crippen LogP contribution in [-0.2, 0) is 0 Å². The third-order valence-electron chi connectivity index (χ3n) is 7.78. The molecule has 4 bridgehead atoms. The zero-order valence-electron chi connectivity index (χ0n) is 16.4. The lowest BCUT2D eigenvalue weighted by Gasteiger charge is -2.66. The Morgan fingerprint density at radius 1 is 0.731 bits per heavy atom. The molecule has 0 aliphatic heterocycles. The second kappa shape index (κ2) is 5.72. The van der Waals surface area contributed by atoms with Crippen molar-refractivity contribution in [3.8, 4) is 0 Å². The van der Waals surface area contributed by atoms with Crippen molar-refractivity contribution in [1.82, 2.24) is 0 Å². The topological polar surface area (TPSA) is 0 Å². The summed E-state index contributed by atoms with van der Waals surface area (Å²) in [6.45, 7) is 5.20. The molecule has 2 aromatic carbocycles. The summed E-state index contributed by atoms with van der Waals surface area (Å²) >= 11 is 0. The van der Waals surface area contributed by atoms with Gasteiger partial charge < -0.3 is 0 Å². The molecule has 6 rings (SSSR count). The Labute approximate surface area is 159 Å². The van der Waals surface area contributed by atoms with Crippen molar-refractivity contribution in [2.75, 3.05) is 0 Å². The maximum absolute atomic E-state index is 2.60. The smallest absolute Gasteiger partial charge is 0.00946 e. The second-order valence-corrected chi connectivity index (χ2v) is 10.7. The Bertz CT molecular complexity index is 717. The van der Waals surface area contributed by atoms with Gasteiger partial charge in [-0.2, -0.15) is 0 Å². The molecule has 2 unspecified atom stereocenters. The Hall–Kier alpha value is -1.56. The molecule has 0 aromatic heterocycles. The molecule has 26 heavy (non-hydrogen) atoms.